The molecule has 0 spiro atoms. The van der Waals surface area contributed by atoms with Gasteiger partial charge >= 0.3 is 0 Å². The summed E-state index contributed by atoms with van der Waals surface area (Å²) in [6, 6.07) is 10.2. The van der Waals surface area contributed by atoms with Gasteiger partial charge in [-0.3, -0.25) is 0 Å². The maximum absolute atomic E-state index is 13.3. The number of ether oxygens (including phenoxy) is 3. The second-order valence-electron chi connectivity index (χ2n) is 18.6. The van der Waals surface area contributed by atoms with Gasteiger partial charge in [0.05, 0.1) is 34.8 Å². The quantitative estimate of drug-likeness (QED) is 0.0920. The highest BCUT2D eigenvalue weighted by Gasteiger charge is 2.55. The molecule has 12 nitrogen and oxygen atoms in total. The van der Waals surface area contributed by atoms with Crippen molar-refractivity contribution >= 4 is 46.0 Å². The Bertz CT molecular complexity index is 2060. The van der Waals surface area contributed by atoms with Crippen molar-refractivity contribution in [3.63, 3.8) is 0 Å². The van der Waals surface area contributed by atoms with Crippen molar-refractivity contribution in [3.8, 4) is 0 Å². The van der Waals surface area contributed by atoms with Crippen molar-refractivity contribution in [1.82, 2.24) is 28.4 Å². The van der Waals surface area contributed by atoms with Crippen LogP contribution in [-0.2, 0) is 42.8 Å². The number of nitrogens with zero attached hydrogens (tertiary/aromatic N) is 6. The lowest BCUT2D eigenvalue weighted by molar-refractivity contribution is -0.160. The summed E-state index contributed by atoms with van der Waals surface area (Å²) < 4.78 is 52.0. The third kappa shape index (κ3) is 8.89. The van der Waals surface area contributed by atoms with Gasteiger partial charge in [-0.05, 0) is 81.2 Å². The minimum Gasteiger partial charge on any atom is -0.367 e. The molecule has 1 aromatic carbocycles. The minimum absolute atomic E-state index is 0.0203. The van der Waals surface area contributed by atoms with Gasteiger partial charge in [0.25, 0.3) is 0 Å². The summed E-state index contributed by atoms with van der Waals surface area (Å²) in [6.45, 7) is 19.6. The fourth-order valence-electron chi connectivity index (χ4n) is 8.02. The topological polar surface area (TPSA) is 126 Å². The molecule has 0 radical (unpaired) electrons. The number of aryl methyl sites for hydroxylation is 1. The summed E-state index contributed by atoms with van der Waals surface area (Å²) in [4.78, 5) is 14.3. The van der Waals surface area contributed by atoms with Crippen LogP contribution in [0.25, 0.3) is 22.1 Å². The predicted octanol–water partition coefficient (Wildman–Crippen LogP) is 7.33. The number of rotatable bonds is 16. The summed E-state index contributed by atoms with van der Waals surface area (Å²) in [5, 5.41) is 4.53. The third-order valence-electron chi connectivity index (χ3n) is 11.2. The monoisotopic (exact) mass is 779 g/mol. The third-order valence-corrected chi connectivity index (χ3v) is 14.2. The second kappa shape index (κ2) is 14.9. The van der Waals surface area contributed by atoms with E-state index in [-0.39, 0.29) is 29.6 Å². The Labute approximate surface area is 322 Å². The van der Waals surface area contributed by atoms with E-state index in [2.05, 4.69) is 95.3 Å². The molecule has 14 heteroatoms. The van der Waals surface area contributed by atoms with Crippen LogP contribution < -0.4 is 5.32 Å². The van der Waals surface area contributed by atoms with Crippen LogP contribution in [0.1, 0.15) is 84.2 Å². The number of unbranched alkanes of at least 4 members (excludes halogenated alkanes) is 1. The molecule has 296 valence electrons. The van der Waals surface area contributed by atoms with E-state index < -0.39 is 23.9 Å². The first kappa shape index (κ1) is 39.4. The number of sulfonamides is 1. The number of aromatic nitrogens is 5. The van der Waals surface area contributed by atoms with Crippen LogP contribution in [0.4, 0.5) is 5.82 Å². The normalized spacial score (nSPS) is 23.2. The number of fused-ring (bicyclic) bond motifs is 3. The molecule has 3 aromatic heterocycles. The first-order valence-corrected chi connectivity index (χ1v) is 25.4. The van der Waals surface area contributed by atoms with Crippen LogP contribution in [0.2, 0.25) is 25.7 Å². The Morgan fingerprint density at radius 3 is 2.54 bits per heavy atom. The van der Waals surface area contributed by atoms with E-state index in [0.717, 1.165) is 78.5 Å². The molecular formula is C40H61N7O5SSi. The van der Waals surface area contributed by atoms with Gasteiger partial charge in [-0.2, -0.15) is 0 Å². The highest BCUT2D eigenvalue weighted by atomic mass is 32.2. The van der Waals surface area contributed by atoms with E-state index in [1.807, 2.05) is 13.8 Å². The number of nitrogens with one attached hydrogen (secondary N) is 1. The number of imidazole rings is 1. The maximum Gasteiger partial charge on any atom is 0.211 e. The second-order valence-corrected chi connectivity index (χ2v) is 26.2. The summed E-state index contributed by atoms with van der Waals surface area (Å²) >= 11 is 0. The van der Waals surface area contributed by atoms with Crippen molar-refractivity contribution < 1.29 is 22.6 Å². The van der Waals surface area contributed by atoms with Gasteiger partial charge in [-0.15, -0.1) is 0 Å². The minimum atomic E-state index is -3.48. The predicted molar refractivity (Wildman–Crippen MR) is 217 cm³/mol. The summed E-state index contributed by atoms with van der Waals surface area (Å²) in [5.74, 6) is 1.03. The van der Waals surface area contributed by atoms with E-state index in [1.54, 1.807) is 10.6 Å². The van der Waals surface area contributed by atoms with Gasteiger partial charge in [-0.25, -0.2) is 27.7 Å². The van der Waals surface area contributed by atoms with Crippen LogP contribution in [0.5, 0.6) is 0 Å². The van der Waals surface area contributed by atoms with Crippen molar-refractivity contribution in [2.24, 2.45) is 5.92 Å². The van der Waals surface area contributed by atoms with Gasteiger partial charge in [0.15, 0.2) is 5.79 Å². The van der Waals surface area contributed by atoms with E-state index in [9.17, 15) is 8.42 Å². The molecule has 54 heavy (non-hydrogen) atoms. The molecule has 4 heterocycles. The first-order valence-electron chi connectivity index (χ1n) is 19.8. The SMILES string of the molecule is CC1(C)O[C@@H]2[C@@H](CN(CCCCc3nc4cc(C(C)(C)C)ccc4n3COCC[Si](C)(C)C)S(C)(=O)=O)C[C@@H](n3ccc4c(NC5CC5)ncnc43)[C@@H]2O1. The standard InChI is InChI=1S/C40H61N7O5SSi/c1-39(2,3)28-13-16-32-31(23-28)44-34(47(32)26-50-20-21-54(7,8)9)12-10-11-18-45(53(6,48)49)24-27-22-33(36-35(27)51-40(4,5)52-36)46-19-17-30-37(43-29-14-15-29)41-25-42-38(30)46/h13,16-17,19,23,25,27,29,33,35-36H,10-12,14-15,18,20-22,24,26H2,1-9H3,(H,41,42,43)/t27-,33-,35-,36+/m1/s1. The molecule has 0 bridgehead atoms. The Balaban J connectivity index is 1.05. The smallest absolute Gasteiger partial charge is 0.211 e. The van der Waals surface area contributed by atoms with Crippen LogP contribution in [-0.4, -0.2) is 94.9 Å². The Hall–Kier alpha value is -2.88. The van der Waals surface area contributed by atoms with Gasteiger partial charge < -0.3 is 28.7 Å². The van der Waals surface area contributed by atoms with Crippen molar-refractivity contribution in [2.75, 3.05) is 31.3 Å². The molecule has 2 aliphatic carbocycles. The summed E-state index contributed by atoms with van der Waals surface area (Å²) in [6.07, 6.45) is 9.82. The Morgan fingerprint density at radius 1 is 1.07 bits per heavy atom. The number of benzene rings is 1. The summed E-state index contributed by atoms with van der Waals surface area (Å²) in [5.41, 5.74) is 4.18. The fourth-order valence-corrected chi connectivity index (χ4v) is 9.70. The van der Waals surface area contributed by atoms with Gasteiger partial charge in [0, 0.05) is 52.3 Å². The molecule has 0 unspecified atom stereocenters. The zero-order valence-electron chi connectivity index (χ0n) is 33.8. The van der Waals surface area contributed by atoms with Crippen molar-refractivity contribution in [2.45, 2.75) is 141 Å². The van der Waals surface area contributed by atoms with Gasteiger partial charge in [-0.1, -0.05) is 46.5 Å². The maximum atomic E-state index is 13.3. The summed E-state index contributed by atoms with van der Waals surface area (Å²) in [7, 11) is -4.70. The highest BCUT2D eigenvalue weighted by molar-refractivity contribution is 7.88. The number of hydrogen-bond acceptors (Lipinski definition) is 9. The Kier molecular flexibility index (Phi) is 10.9. The molecule has 0 amide bonds. The van der Waals surface area contributed by atoms with E-state index in [4.69, 9.17) is 19.2 Å². The van der Waals surface area contributed by atoms with Crippen LogP contribution in [0, 0.1) is 5.92 Å². The first-order chi connectivity index (χ1) is 25.4. The fraction of sp³-hybridized carbons (Fsp3) is 0.675. The Morgan fingerprint density at radius 2 is 1.83 bits per heavy atom. The molecule has 4 aromatic rings. The number of anilines is 1. The lowest BCUT2D eigenvalue weighted by Gasteiger charge is -2.28. The molecule has 4 atom stereocenters. The highest BCUT2D eigenvalue weighted by Crippen LogP contribution is 2.48. The lowest BCUT2D eigenvalue weighted by Crippen LogP contribution is -2.39. The molecule has 1 saturated heterocycles. The van der Waals surface area contributed by atoms with Crippen molar-refractivity contribution in [3.05, 3.63) is 48.2 Å². The lowest BCUT2D eigenvalue weighted by atomic mass is 9.87. The van der Waals surface area contributed by atoms with Crippen LogP contribution in [0.15, 0.2) is 36.8 Å². The van der Waals surface area contributed by atoms with Crippen molar-refractivity contribution in [1.29, 1.82) is 0 Å². The molecule has 3 fully saturated rings. The zero-order chi connectivity index (χ0) is 38.6. The van der Waals surface area contributed by atoms with Gasteiger partial charge in [0.1, 0.15) is 36.5 Å². The molecule has 2 saturated carbocycles. The number of hydrogen-bond donors (Lipinski definition) is 1. The van der Waals surface area contributed by atoms with E-state index >= 15 is 0 Å². The molecule has 3 aliphatic rings. The van der Waals surface area contributed by atoms with Gasteiger partial charge in [0.2, 0.25) is 10.0 Å². The zero-order valence-corrected chi connectivity index (χ0v) is 35.6. The van der Waals surface area contributed by atoms with E-state index in [0.29, 0.717) is 32.3 Å². The average Bonchev–Trinajstić information content (AvgIpc) is 3.37. The van der Waals surface area contributed by atoms with Crippen LogP contribution in [0.3, 0.4) is 0 Å². The molecule has 1 N–H and O–H groups in total. The van der Waals surface area contributed by atoms with E-state index in [1.165, 1.54) is 11.8 Å². The molecule has 7 rings (SSSR count). The van der Waals surface area contributed by atoms with Crippen LogP contribution >= 0.6 is 0 Å². The largest absolute Gasteiger partial charge is 0.367 e. The molecular weight excluding hydrogens is 719 g/mol. The molecule has 1 aliphatic heterocycles. The average molecular weight is 780 g/mol.